The molecule has 0 heterocycles. The molecule has 0 aromatic heterocycles. The number of carbonyl (C=O) groups excluding carboxylic acids is 1. The van der Waals surface area contributed by atoms with Crippen LogP contribution >= 0.6 is 0 Å². The van der Waals surface area contributed by atoms with Crippen molar-refractivity contribution < 1.29 is 14.3 Å². The number of amides is 1. The fourth-order valence-corrected chi connectivity index (χ4v) is 2.74. The second-order valence-electron chi connectivity index (χ2n) is 7.95. The molecule has 4 heteroatoms. The molecule has 0 unspecified atom stereocenters. The molecule has 0 fully saturated rings. The third kappa shape index (κ3) is 6.91. The zero-order valence-electron chi connectivity index (χ0n) is 17.7. The lowest BCUT2D eigenvalue weighted by atomic mass is 9.82. The molecule has 2 rings (SSSR count). The Morgan fingerprint density at radius 1 is 1.00 bits per heavy atom. The Balaban J connectivity index is 1.71. The highest BCUT2D eigenvalue weighted by Gasteiger charge is 2.17. The Hall–Kier alpha value is -2.49. The van der Waals surface area contributed by atoms with E-state index in [4.69, 9.17) is 9.47 Å². The number of carbonyl (C=O) groups is 1. The number of nitrogens with one attached hydrogen (secondary N) is 1. The maximum absolute atomic E-state index is 12.1. The van der Waals surface area contributed by atoms with Gasteiger partial charge in [-0.15, -0.1) is 0 Å². The highest BCUT2D eigenvalue weighted by molar-refractivity contribution is 5.90. The first kappa shape index (κ1) is 21.8. The molecule has 0 aliphatic rings. The quantitative estimate of drug-likeness (QED) is 0.515. The van der Waals surface area contributed by atoms with Crippen LogP contribution in [0.4, 0.5) is 5.69 Å². The van der Waals surface area contributed by atoms with Crippen molar-refractivity contribution in [3.63, 3.8) is 0 Å². The molecule has 0 aliphatic carbocycles. The summed E-state index contributed by atoms with van der Waals surface area (Å²) >= 11 is 0. The van der Waals surface area contributed by atoms with Crippen LogP contribution in [-0.4, -0.2) is 18.6 Å². The van der Waals surface area contributed by atoms with Gasteiger partial charge in [-0.25, -0.2) is 0 Å². The molecule has 4 nitrogen and oxygen atoms in total. The van der Waals surface area contributed by atoms with Crippen molar-refractivity contribution in [1.82, 2.24) is 0 Å². The van der Waals surface area contributed by atoms with Gasteiger partial charge in [-0.05, 0) is 74.1 Å². The summed E-state index contributed by atoms with van der Waals surface area (Å²) < 4.78 is 11.4. The Morgan fingerprint density at radius 3 is 2.18 bits per heavy atom. The summed E-state index contributed by atoms with van der Waals surface area (Å²) in [4.78, 5) is 12.1. The van der Waals surface area contributed by atoms with Crippen molar-refractivity contribution in [3.8, 4) is 11.5 Å². The summed E-state index contributed by atoms with van der Waals surface area (Å²) in [5.41, 5.74) is 2.26. The molecule has 0 bridgehead atoms. The highest BCUT2D eigenvalue weighted by Crippen LogP contribution is 2.28. The first-order valence-electron chi connectivity index (χ1n) is 10.1. The van der Waals surface area contributed by atoms with Gasteiger partial charge in [0.1, 0.15) is 11.5 Å². The van der Waals surface area contributed by atoms with E-state index in [1.165, 1.54) is 5.56 Å². The number of benzene rings is 2. The molecular weight excluding hydrogens is 350 g/mol. The maximum atomic E-state index is 12.1. The van der Waals surface area contributed by atoms with Crippen molar-refractivity contribution in [2.75, 3.05) is 11.9 Å². The number of rotatable bonds is 10. The van der Waals surface area contributed by atoms with Crippen LogP contribution in [0.2, 0.25) is 0 Å². The molecule has 0 radical (unpaired) electrons. The van der Waals surface area contributed by atoms with E-state index in [0.29, 0.717) is 19.4 Å². The summed E-state index contributed by atoms with van der Waals surface area (Å²) in [5, 5.41) is 2.90. The summed E-state index contributed by atoms with van der Waals surface area (Å²) in [5.74, 6) is 1.63. The summed E-state index contributed by atoms with van der Waals surface area (Å²) in [6.07, 6.45) is 2.32. The van der Waals surface area contributed by atoms with Crippen molar-refractivity contribution in [2.45, 2.75) is 65.4 Å². The van der Waals surface area contributed by atoms with Gasteiger partial charge in [0.25, 0.3) is 0 Å². The second-order valence-corrected chi connectivity index (χ2v) is 7.95. The maximum Gasteiger partial charge on any atom is 0.224 e. The molecule has 0 saturated carbocycles. The number of anilines is 1. The first-order chi connectivity index (χ1) is 13.3. The van der Waals surface area contributed by atoms with Gasteiger partial charge in [0.15, 0.2) is 0 Å². The fourth-order valence-electron chi connectivity index (χ4n) is 2.74. The summed E-state index contributed by atoms with van der Waals surface area (Å²) in [6.45, 7) is 11.2. The smallest absolute Gasteiger partial charge is 0.224 e. The molecule has 1 amide bonds. The van der Waals surface area contributed by atoms with Gasteiger partial charge in [0, 0.05) is 12.1 Å². The molecular formula is C24H33NO3. The average Bonchev–Trinajstić information content (AvgIpc) is 2.67. The van der Waals surface area contributed by atoms with Gasteiger partial charge >= 0.3 is 0 Å². The topological polar surface area (TPSA) is 47.6 Å². The van der Waals surface area contributed by atoms with Crippen LogP contribution in [0.3, 0.4) is 0 Å². The van der Waals surface area contributed by atoms with Gasteiger partial charge in [-0.3, -0.25) is 4.79 Å². The number of hydrogen-bond acceptors (Lipinski definition) is 3. The fraction of sp³-hybridized carbons (Fsp3) is 0.458. The largest absolute Gasteiger partial charge is 0.494 e. The third-order valence-electron chi connectivity index (χ3n) is 4.85. The van der Waals surface area contributed by atoms with Gasteiger partial charge < -0.3 is 14.8 Å². The molecule has 28 heavy (non-hydrogen) atoms. The minimum Gasteiger partial charge on any atom is -0.494 e. The van der Waals surface area contributed by atoms with E-state index in [0.717, 1.165) is 23.6 Å². The van der Waals surface area contributed by atoms with Crippen molar-refractivity contribution in [1.29, 1.82) is 0 Å². The lowest BCUT2D eigenvalue weighted by Crippen LogP contribution is -2.15. The standard InChI is InChI=1S/C24H33NO3/c1-6-24(4,5)19-9-13-21(14-10-19)27-17-7-8-23(26)25-20-11-15-22(16-12-20)28-18(2)3/h9-16,18H,6-8,17H2,1-5H3,(H,25,26). The van der Waals surface area contributed by atoms with Gasteiger partial charge in [-0.2, -0.15) is 0 Å². The van der Waals surface area contributed by atoms with E-state index < -0.39 is 0 Å². The van der Waals surface area contributed by atoms with E-state index >= 15 is 0 Å². The monoisotopic (exact) mass is 383 g/mol. The van der Waals surface area contributed by atoms with E-state index in [9.17, 15) is 4.79 Å². The normalized spacial score (nSPS) is 11.4. The summed E-state index contributed by atoms with van der Waals surface area (Å²) in [6, 6.07) is 15.7. The van der Waals surface area contributed by atoms with Crippen LogP contribution < -0.4 is 14.8 Å². The zero-order valence-corrected chi connectivity index (χ0v) is 17.7. The molecule has 1 N–H and O–H groups in total. The number of hydrogen-bond donors (Lipinski definition) is 1. The lowest BCUT2D eigenvalue weighted by molar-refractivity contribution is -0.116. The second kappa shape index (κ2) is 10.2. The van der Waals surface area contributed by atoms with Gasteiger partial charge in [0.2, 0.25) is 5.91 Å². The Morgan fingerprint density at radius 2 is 1.61 bits per heavy atom. The molecule has 152 valence electrons. The predicted molar refractivity (Wildman–Crippen MR) is 115 cm³/mol. The van der Waals surface area contributed by atoms with E-state index in [2.05, 4.69) is 38.2 Å². The molecule has 0 aliphatic heterocycles. The number of ether oxygens (including phenoxy) is 2. The predicted octanol–water partition coefficient (Wildman–Crippen LogP) is 5.96. The van der Waals surface area contributed by atoms with Crippen LogP contribution in [0.5, 0.6) is 11.5 Å². The first-order valence-corrected chi connectivity index (χ1v) is 10.1. The van der Waals surface area contributed by atoms with Gasteiger partial charge in [-0.1, -0.05) is 32.9 Å². The van der Waals surface area contributed by atoms with Crippen LogP contribution in [0.25, 0.3) is 0 Å². The Bertz CT molecular complexity index is 733. The minimum absolute atomic E-state index is 0.0128. The SMILES string of the molecule is CCC(C)(C)c1ccc(OCCCC(=O)Nc2ccc(OC(C)C)cc2)cc1. The lowest BCUT2D eigenvalue weighted by Gasteiger charge is -2.23. The van der Waals surface area contributed by atoms with E-state index in [-0.39, 0.29) is 17.4 Å². The average molecular weight is 384 g/mol. The zero-order chi connectivity index (χ0) is 20.6. The van der Waals surface area contributed by atoms with Crippen LogP contribution in [0.1, 0.15) is 59.4 Å². The minimum atomic E-state index is -0.0128. The van der Waals surface area contributed by atoms with Crippen molar-refractivity contribution >= 4 is 11.6 Å². The molecule has 0 saturated heterocycles. The molecule has 0 spiro atoms. The van der Waals surface area contributed by atoms with Crippen molar-refractivity contribution in [2.24, 2.45) is 0 Å². The van der Waals surface area contributed by atoms with Gasteiger partial charge in [0.05, 0.1) is 12.7 Å². The molecule has 2 aromatic rings. The Kier molecular flexibility index (Phi) is 7.91. The highest BCUT2D eigenvalue weighted by atomic mass is 16.5. The third-order valence-corrected chi connectivity index (χ3v) is 4.85. The Labute approximate surface area is 169 Å². The van der Waals surface area contributed by atoms with Crippen LogP contribution in [0.15, 0.2) is 48.5 Å². The summed E-state index contributed by atoms with van der Waals surface area (Å²) in [7, 11) is 0. The molecule has 2 aromatic carbocycles. The van der Waals surface area contributed by atoms with E-state index in [1.54, 1.807) is 0 Å². The van der Waals surface area contributed by atoms with Crippen LogP contribution in [-0.2, 0) is 10.2 Å². The van der Waals surface area contributed by atoms with E-state index in [1.807, 2.05) is 50.2 Å². The van der Waals surface area contributed by atoms with Crippen molar-refractivity contribution in [3.05, 3.63) is 54.1 Å². The molecule has 0 atom stereocenters. The van der Waals surface area contributed by atoms with Crippen LogP contribution in [0, 0.1) is 0 Å².